The van der Waals surface area contributed by atoms with Crippen LogP contribution in [0.5, 0.6) is 0 Å². The molecule has 0 radical (unpaired) electrons. The van der Waals surface area contributed by atoms with E-state index in [0.29, 0.717) is 23.7 Å². The minimum Gasteiger partial charge on any atom is 0 e. The smallest absolute Gasteiger partial charge is 0 e. The van der Waals surface area contributed by atoms with E-state index < -0.39 is 0 Å². The Hall–Kier alpha value is 26.3. The van der Waals surface area contributed by atoms with Gasteiger partial charge in [0.15, 0.2) is 0 Å². The van der Waals surface area contributed by atoms with Gasteiger partial charge >= 0.3 is 511 Å². The van der Waals surface area contributed by atoms with Gasteiger partial charge in [-0.3, -0.25) is 0 Å². The third-order valence-corrected chi connectivity index (χ3v) is 33.0. The molecule has 0 N–H and O–H groups in total. The summed E-state index contributed by atoms with van der Waals surface area (Å²) in [5.41, 5.74) is 6.54. The van der Waals surface area contributed by atoms with E-state index in [9.17, 15) is 0 Å². The van der Waals surface area contributed by atoms with Gasteiger partial charge in [-0.15, -0.1) is 0 Å². The molecule has 516 valence electrons. The summed E-state index contributed by atoms with van der Waals surface area (Å²) in [6, 6.07) is 0. The van der Waals surface area contributed by atoms with Crippen molar-refractivity contribution in [3.05, 3.63) is 46.6 Å². The second kappa shape index (κ2) is 156. The van der Waals surface area contributed by atoms with E-state index in [4.69, 9.17) is 0 Å². The summed E-state index contributed by atoms with van der Waals surface area (Å²) >= 11 is 19.0. The monoisotopic (exact) mass is 8370 g/mol. The van der Waals surface area contributed by atoms with Gasteiger partial charge in [-0.25, -0.2) is 0 Å². The Morgan fingerprint density at radius 1 is 0.211 bits per heavy atom. The first kappa shape index (κ1) is 228. The number of hydrogen-bond donors (Lipinski definition) is 0. The maximum Gasteiger partial charge on any atom is 0 e. The molecular formula is C48H68W42-4. The van der Waals surface area contributed by atoms with Crippen LogP contribution in [0, 0.1) is 47.3 Å². The number of hydrogen-bond acceptors (Lipinski definition) is 0. The van der Waals surface area contributed by atoms with Crippen LogP contribution in [0.25, 0.3) is 0 Å². The molecule has 42 heteroatoms. The fraction of sp³-hybridized carbons (Fsp3) is 0.583. The quantitative estimate of drug-likeness (QED) is 0.213. The van der Waals surface area contributed by atoms with Crippen LogP contribution in [0.3, 0.4) is 0 Å². The van der Waals surface area contributed by atoms with E-state index in [1.54, 1.807) is 208 Å². The minimum atomic E-state index is 0. The van der Waals surface area contributed by atoms with Crippen molar-refractivity contribution >= 4 is 48.8 Å². The molecule has 4 aliphatic carbocycles. The van der Waals surface area contributed by atoms with Crippen molar-refractivity contribution in [2.75, 3.05) is 0 Å². The average molecular weight is 8370 g/mol. The molecule has 0 atom stereocenters. The molecule has 4 rings (SSSR count). The molecule has 90 heavy (non-hydrogen) atoms. The zero-order chi connectivity index (χ0) is 48.0. The normalized spacial score (nSPS) is 10.1. The molecule has 0 unspecified atom stereocenters. The van der Waals surface area contributed by atoms with Gasteiger partial charge in [0, 0.05) is 632 Å². The maximum atomic E-state index is 3.11. The molecule has 4 aliphatic rings. The Labute approximate surface area is 1110 Å². The van der Waals surface area contributed by atoms with Gasteiger partial charge in [0.2, 0.25) is 0 Å². The fourth-order valence-corrected chi connectivity index (χ4v) is 10.2. The number of rotatable bonds is 8. The van der Waals surface area contributed by atoms with Crippen LogP contribution >= 0.6 is 0 Å². The van der Waals surface area contributed by atoms with Crippen LogP contribution in [0.15, 0.2) is 46.6 Å². The van der Waals surface area contributed by atoms with Crippen molar-refractivity contribution in [2.24, 2.45) is 47.3 Å². The Balaban J connectivity index is -0.0000000120. The molecule has 0 aromatic carbocycles. The molecule has 0 saturated carbocycles. The van der Waals surface area contributed by atoms with Crippen LogP contribution < -0.4 is 0 Å². The third kappa shape index (κ3) is 152. The van der Waals surface area contributed by atoms with Gasteiger partial charge in [-0.05, 0) is 0 Å². The zero-order valence-electron chi connectivity index (χ0n) is 50.9. The molecular weight excluding hydrogens is 8300 g/mol. The third-order valence-electron chi connectivity index (χ3n) is 7.73. The van der Waals surface area contributed by atoms with Crippen molar-refractivity contribution in [1.82, 2.24) is 0 Å². The predicted molar refractivity (Wildman–Crippen MR) is 230 cm³/mol. The van der Waals surface area contributed by atoms with E-state index in [1.807, 2.05) is 0 Å². The zero-order valence-corrected chi connectivity index (χ0v) is 174. The molecule has 0 aromatic rings. The second-order valence-electron chi connectivity index (χ2n) is 16.4. The topological polar surface area (TPSA) is 0 Å². The van der Waals surface area contributed by atoms with Gasteiger partial charge < -0.3 is 0 Å². The van der Waals surface area contributed by atoms with Crippen molar-refractivity contribution in [3.63, 3.8) is 0 Å². The summed E-state index contributed by atoms with van der Waals surface area (Å²) < 4.78 is 25.5. The summed E-state index contributed by atoms with van der Waals surface area (Å²) in [7, 11) is 0. The van der Waals surface area contributed by atoms with Crippen molar-refractivity contribution in [1.29, 1.82) is 0 Å². The first-order valence-electron chi connectivity index (χ1n) is 20.1. The summed E-state index contributed by atoms with van der Waals surface area (Å²) in [6.07, 6.45) is 14.6. The van der Waals surface area contributed by atoms with E-state index in [2.05, 4.69) is 153 Å². The average Bonchev–Trinajstić information content (AvgIpc) is 3.91. The van der Waals surface area contributed by atoms with Crippen LogP contribution in [-0.2, 0) is 864 Å². The van der Waals surface area contributed by atoms with Crippen molar-refractivity contribution < 1.29 is 864 Å². The van der Waals surface area contributed by atoms with E-state index in [1.165, 1.54) is 103 Å². The Kier molecular flexibility index (Phi) is 395. The largest absolute Gasteiger partial charge is 0 e. The van der Waals surface area contributed by atoms with Crippen LogP contribution in [-0.4, -0.2) is 48.8 Å². The van der Waals surface area contributed by atoms with Gasteiger partial charge in [-0.2, -0.15) is 0 Å². The molecule has 0 bridgehead atoms. The Morgan fingerprint density at radius 2 is 0.289 bits per heavy atom. The fourth-order valence-electron chi connectivity index (χ4n) is 3.77. The summed E-state index contributed by atoms with van der Waals surface area (Å²) in [6.45, 7) is 35.3. The maximum absolute atomic E-state index is 3.11. The molecule has 0 saturated heterocycles. The summed E-state index contributed by atoms with van der Waals surface area (Å²) in [5, 5.41) is 0. The second-order valence-corrected chi connectivity index (χ2v) is 33.2. The summed E-state index contributed by atoms with van der Waals surface area (Å²) in [4.78, 5) is 0. The van der Waals surface area contributed by atoms with Crippen LogP contribution in [0.2, 0.25) is 0 Å². The Bertz CT molecular complexity index is 1430. The van der Waals surface area contributed by atoms with Gasteiger partial charge in [-0.1, -0.05) is 0 Å². The molecule has 0 aromatic heterocycles. The van der Waals surface area contributed by atoms with Crippen molar-refractivity contribution in [2.45, 2.75) is 136 Å². The molecule has 0 heterocycles. The number of allylic oxidation sites excluding steroid dienone is 8. The molecule has 0 spiro atoms. The van der Waals surface area contributed by atoms with E-state index in [0.717, 1.165) is 23.7 Å². The molecule has 0 nitrogen and oxygen atoms in total. The molecule has 0 fully saturated rings. The first-order valence-corrected chi connectivity index (χ1v) is 37.7. The molecule has 0 amide bonds. The van der Waals surface area contributed by atoms with Gasteiger partial charge in [0.25, 0.3) is 0 Å². The Morgan fingerprint density at radius 3 is 0.311 bits per heavy atom. The van der Waals surface area contributed by atoms with Gasteiger partial charge in [0.05, 0.1) is 0 Å². The van der Waals surface area contributed by atoms with Crippen LogP contribution in [0.1, 0.15) is 136 Å². The first-order chi connectivity index (χ1) is 27.5. The van der Waals surface area contributed by atoms with Crippen molar-refractivity contribution in [3.8, 4) is 0 Å². The van der Waals surface area contributed by atoms with Crippen LogP contribution in [0.4, 0.5) is 0 Å². The predicted octanol–water partition coefficient (Wildman–Crippen LogP) is 9.04. The summed E-state index contributed by atoms with van der Waals surface area (Å²) in [5.74, 6) is 5.71. The van der Waals surface area contributed by atoms with E-state index >= 15 is 0 Å². The molecule has 0 aliphatic heterocycles. The SMILES string of the molecule is CC(C)C1=C[C](=[W])[C](=[W])C1.CC(C)C1=C[C](=[W])[C](=[W])C1.CC(C)C1=C[C](=[W])[C](=[W])C1.CC(C)C1=C[C](=[W])[C](=[W])C1.CC(C)[C-]=[W].CC(C)[C-]=[W].CC(C)[C-]=[W].CC(C)[C-]=[W].[W].[W].[W].[W].[W].[W].[W].[W].[W].[W].[W].[W].[W].[W].[W].[W].[W].[W].[W].[W].[W].[W].[W].[W].[W].[W].[W].[W].[W].[W]. The minimum absolute atomic E-state index is 0. The van der Waals surface area contributed by atoms with Gasteiger partial charge in [0.1, 0.15) is 0 Å². The standard InChI is InChI=1S/4C8H10.4C4H7.42W/c4*1-7(2)8-5-3-4-6-8;4*1-4(2)3;;;;;;;;;;;;;;;;;;;;;;;;;;;;;;;;;;;;;;;;;;/h4*5,7H,6H2,1-2H3;4*4H,1-2H3;;;;;;;;;;;;;;;;;;;;;;;;;;;;;;;;;;;;;;;;;;/q;;;;4*-1;;;;;;;;;;;;;;;;;;;;;;;;;;;;;;;;;;;;;;;;;;. The van der Waals surface area contributed by atoms with E-state index in [-0.39, 0.29) is 632 Å².